The van der Waals surface area contributed by atoms with E-state index in [4.69, 9.17) is 0 Å². The zero-order chi connectivity index (χ0) is 13.2. The van der Waals surface area contributed by atoms with E-state index in [0.717, 1.165) is 5.69 Å². The van der Waals surface area contributed by atoms with Gasteiger partial charge in [0.25, 0.3) is 0 Å². The smallest absolute Gasteiger partial charge is 0.307 e. The summed E-state index contributed by atoms with van der Waals surface area (Å²) in [6.07, 6.45) is 1.92. The van der Waals surface area contributed by atoms with Gasteiger partial charge in [-0.1, -0.05) is 6.07 Å². The van der Waals surface area contributed by atoms with E-state index in [9.17, 15) is 17.1 Å². The van der Waals surface area contributed by atoms with E-state index in [1.807, 2.05) is 12.1 Å². The zero-order valence-corrected chi connectivity index (χ0v) is 10.4. The van der Waals surface area contributed by atoms with Crippen LogP contribution in [0, 0.1) is 0 Å². The molecule has 1 unspecified atom stereocenters. The van der Waals surface area contributed by atoms with Gasteiger partial charge in [-0.2, -0.15) is 8.42 Å². The van der Waals surface area contributed by atoms with E-state index in [1.54, 1.807) is 12.3 Å². The number of halogens is 1. The lowest BCUT2D eigenvalue weighted by atomic mass is 10.2. The molecule has 0 radical (unpaired) electrons. The van der Waals surface area contributed by atoms with Crippen LogP contribution < -0.4 is 0 Å². The average Bonchev–Trinajstić information content (AvgIpc) is 2.69. The number of amides is 1. The molecule has 0 aliphatic carbocycles. The summed E-state index contributed by atoms with van der Waals surface area (Å²) < 4.78 is 34.3. The van der Waals surface area contributed by atoms with E-state index in [1.165, 1.54) is 4.90 Å². The minimum atomic E-state index is -4.63. The maximum atomic E-state index is 12.8. The Bertz CT molecular complexity index is 532. The predicted molar refractivity (Wildman–Crippen MR) is 63.0 cm³/mol. The van der Waals surface area contributed by atoms with Gasteiger partial charge in [-0.25, -0.2) is 0 Å². The van der Waals surface area contributed by atoms with Gasteiger partial charge in [-0.05, 0) is 12.1 Å². The van der Waals surface area contributed by atoms with Crippen molar-refractivity contribution < 1.29 is 17.1 Å². The molecule has 1 aromatic heterocycles. The monoisotopic (exact) mass is 272 g/mol. The van der Waals surface area contributed by atoms with Crippen LogP contribution in [-0.2, 0) is 21.4 Å². The quantitative estimate of drug-likeness (QED) is 0.750. The molecule has 0 saturated carbocycles. The number of hydrogen-bond donors (Lipinski definition) is 0. The fourth-order valence-corrected chi connectivity index (χ4v) is 2.64. The standard InChI is InChI=1S/C11H13FN2O3S/c12-18(16,17)10-7-11(15)14(8-10)6-4-9-3-1-2-5-13-9/h1-3,5,10H,4,6-8H2. The molecule has 1 saturated heterocycles. The van der Waals surface area contributed by atoms with E-state index in [2.05, 4.69) is 4.98 Å². The maximum absolute atomic E-state index is 12.8. The number of rotatable bonds is 4. The molecule has 0 aromatic carbocycles. The molecule has 1 amide bonds. The number of nitrogens with zero attached hydrogens (tertiary/aromatic N) is 2. The van der Waals surface area contributed by atoms with Gasteiger partial charge >= 0.3 is 10.2 Å². The summed E-state index contributed by atoms with van der Waals surface area (Å²) in [5.74, 6) is -0.322. The third-order valence-electron chi connectivity index (χ3n) is 2.94. The first kappa shape index (κ1) is 12.9. The Kier molecular flexibility index (Phi) is 3.60. The second-order valence-electron chi connectivity index (χ2n) is 4.21. The van der Waals surface area contributed by atoms with Crippen molar-refractivity contribution in [2.45, 2.75) is 18.1 Å². The Balaban J connectivity index is 1.94. The van der Waals surface area contributed by atoms with Crippen molar-refractivity contribution in [1.82, 2.24) is 9.88 Å². The van der Waals surface area contributed by atoms with E-state index in [-0.39, 0.29) is 18.9 Å². The molecule has 1 aliphatic rings. The summed E-state index contributed by atoms with van der Waals surface area (Å²) >= 11 is 0. The van der Waals surface area contributed by atoms with Crippen molar-refractivity contribution in [3.8, 4) is 0 Å². The summed E-state index contributed by atoms with van der Waals surface area (Å²) in [5.41, 5.74) is 0.817. The van der Waals surface area contributed by atoms with Gasteiger partial charge in [-0.15, -0.1) is 3.89 Å². The van der Waals surface area contributed by atoms with E-state index < -0.39 is 15.5 Å². The average molecular weight is 272 g/mol. The van der Waals surface area contributed by atoms with Crippen LogP contribution in [0.1, 0.15) is 12.1 Å². The van der Waals surface area contributed by atoms with Gasteiger partial charge in [0.05, 0.1) is 0 Å². The van der Waals surface area contributed by atoms with Gasteiger partial charge in [-0.3, -0.25) is 9.78 Å². The summed E-state index contributed by atoms with van der Waals surface area (Å²) in [5, 5.41) is -1.21. The molecule has 18 heavy (non-hydrogen) atoms. The highest BCUT2D eigenvalue weighted by atomic mass is 32.3. The van der Waals surface area contributed by atoms with Crippen LogP contribution in [-0.4, -0.2) is 42.5 Å². The van der Waals surface area contributed by atoms with Crippen LogP contribution in [0.3, 0.4) is 0 Å². The minimum absolute atomic E-state index is 0.0650. The fraction of sp³-hybridized carbons (Fsp3) is 0.455. The molecule has 1 atom stereocenters. The predicted octanol–water partition coefficient (Wildman–Crippen LogP) is 0.524. The van der Waals surface area contributed by atoms with Crippen molar-refractivity contribution in [1.29, 1.82) is 0 Å². The summed E-state index contributed by atoms with van der Waals surface area (Å²) in [6, 6.07) is 5.45. The second kappa shape index (κ2) is 5.01. The van der Waals surface area contributed by atoms with Crippen molar-refractivity contribution in [2.24, 2.45) is 0 Å². The Hall–Kier alpha value is -1.50. The van der Waals surface area contributed by atoms with Crippen molar-refractivity contribution in [2.75, 3.05) is 13.1 Å². The Morgan fingerprint density at radius 1 is 1.44 bits per heavy atom. The van der Waals surface area contributed by atoms with Crippen LogP contribution in [0.4, 0.5) is 3.89 Å². The van der Waals surface area contributed by atoms with Gasteiger partial charge in [0.2, 0.25) is 5.91 Å². The zero-order valence-electron chi connectivity index (χ0n) is 9.62. The summed E-state index contributed by atoms with van der Waals surface area (Å²) in [4.78, 5) is 17.0. The van der Waals surface area contributed by atoms with Crippen molar-refractivity contribution in [3.05, 3.63) is 30.1 Å². The van der Waals surface area contributed by atoms with Gasteiger partial charge in [0.15, 0.2) is 0 Å². The first-order valence-corrected chi connectivity index (χ1v) is 7.02. The largest absolute Gasteiger partial charge is 0.341 e. The van der Waals surface area contributed by atoms with Gasteiger partial charge < -0.3 is 4.90 Å². The lowest BCUT2D eigenvalue weighted by Crippen LogP contribution is -2.29. The Morgan fingerprint density at radius 3 is 2.78 bits per heavy atom. The van der Waals surface area contributed by atoms with Crippen LogP contribution in [0.15, 0.2) is 24.4 Å². The summed E-state index contributed by atoms with van der Waals surface area (Å²) in [6.45, 7) is 0.298. The lowest BCUT2D eigenvalue weighted by molar-refractivity contribution is -0.127. The highest BCUT2D eigenvalue weighted by Gasteiger charge is 2.37. The van der Waals surface area contributed by atoms with Crippen molar-refractivity contribution in [3.63, 3.8) is 0 Å². The molecule has 98 valence electrons. The van der Waals surface area contributed by atoms with Gasteiger partial charge in [0.1, 0.15) is 5.25 Å². The van der Waals surface area contributed by atoms with Crippen molar-refractivity contribution >= 4 is 16.1 Å². The molecule has 5 nitrogen and oxygen atoms in total. The molecule has 2 heterocycles. The highest BCUT2D eigenvalue weighted by Crippen LogP contribution is 2.19. The van der Waals surface area contributed by atoms with Crippen LogP contribution in [0.25, 0.3) is 0 Å². The number of likely N-dealkylation sites (tertiary alicyclic amines) is 1. The molecule has 1 aromatic rings. The molecular formula is C11H13FN2O3S. The number of carbonyl (C=O) groups is 1. The molecular weight excluding hydrogens is 259 g/mol. The maximum Gasteiger partial charge on any atom is 0.307 e. The van der Waals surface area contributed by atoms with E-state index >= 15 is 0 Å². The number of pyridine rings is 1. The van der Waals surface area contributed by atoms with E-state index in [0.29, 0.717) is 13.0 Å². The molecule has 0 spiro atoms. The molecule has 1 fully saturated rings. The Labute approximate surface area is 105 Å². The summed E-state index contributed by atoms with van der Waals surface area (Å²) in [7, 11) is -4.63. The lowest BCUT2D eigenvalue weighted by Gasteiger charge is -2.15. The highest BCUT2D eigenvalue weighted by molar-refractivity contribution is 7.87. The number of hydrogen-bond acceptors (Lipinski definition) is 4. The topological polar surface area (TPSA) is 67.3 Å². The normalized spacial score (nSPS) is 20.4. The minimum Gasteiger partial charge on any atom is -0.341 e. The molecule has 7 heteroatoms. The first-order valence-electron chi connectivity index (χ1n) is 5.58. The first-order chi connectivity index (χ1) is 8.47. The third-order valence-corrected chi connectivity index (χ3v) is 4.05. The molecule has 2 rings (SSSR count). The van der Waals surface area contributed by atoms with Gasteiger partial charge in [0, 0.05) is 37.8 Å². The molecule has 1 aliphatic heterocycles. The SMILES string of the molecule is O=C1CC(S(=O)(=O)F)CN1CCc1ccccn1. The second-order valence-corrected chi connectivity index (χ2v) is 5.83. The molecule has 0 N–H and O–H groups in total. The van der Waals surface area contributed by atoms with Crippen LogP contribution in [0.2, 0.25) is 0 Å². The van der Waals surface area contributed by atoms with Crippen LogP contribution >= 0.6 is 0 Å². The third kappa shape index (κ3) is 3.04. The van der Waals surface area contributed by atoms with Crippen LogP contribution in [0.5, 0.6) is 0 Å². The number of carbonyl (C=O) groups excluding carboxylic acids is 1. The number of aromatic nitrogens is 1. The Morgan fingerprint density at radius 2 is 2.22 bits per heavy atom. The fourth-order valence-electron chi connectivity index (χ4n) is 1.94. The molecule has 0 bridgehead atoms.